The van der Waals surface area contributed by atoms with Crippen LogP contribution in [0.2, 0.25) is 0 Å². The second-order valence-electron chi connectivity index (χ2n) is 6.80. The van der Waals surface area contributed by atoms with Gasteiger partial charge in [-0.15, -0.1) is 11.3 Å². The van der Waals surface area contributed by atoms with E-state index in [1.165, 1.54) is 0 Å². The van der Waals surface area contributed by atoms with Crippen molar-refractivity contribution in [3.63, 3.8) is 0 Å². The number of hydrogen-bond donors (Lipinski definition) is 0. The molecule has 0 radical (unpaired) electrons. The van der Waals surface area contributed by atoms with Crippen molar-refractivity contribution in [1.29, 1.82) is 0 Å². The first-order valence-corrected chi connectivity index (χ1v) is 9.50. The van der Waals surface area contributed by atoms with Crippen LogP contribution in [0.25, 0.3) is 0 Å². The van der Waals surface area contributed by atoms with Gasteiger partial charge in [-0.25, -0.2) is 4.98 Å². The molecule has 0 bridgehead atoms. The number of carbonyl (C=O) groups excluding carboxylic acids is 1. The molecular formula is C18H26N4OS. The van der Waals surface area contributed by atoms with Crippen LogP contribution in [0.1, 0.15) is 65.8 Å². The molecule has 0 spiro atoms. The second-order valence-corrected chi connectivity index (χ2v) is 7.69. The number of hydrogen-bond acceptors (Lipinski definition) is 4. The Bertz CT molecular complexity index is 748. The van der Waals surface area contributed by atoms with Gasteiger partial charge >= 0.3 is 0 Å². The van der Waals surface area contributed by atoms with Gasteiger partial charge in [0.2, 0.25) is 5.91 Å². The summed E-state index contributed by atoms with van der Waals surface area (Å²) in [5, 5.41) is 7.63. The minimum Gasteiger partial charge on any atom is -0.333 e. The fourth-order valence-corrected chi connectivity index (χ4v) is 4.71. The van der Waals surface area contributed by atoms with E-state index in [4.69, 9.17) is 0 Å². The Morgan fingerprint density at radius 2 is 2.08 bits per heavy atom. The van der Waals surface area contributed by atoms with E-state index >= 15 is 0 Å². The Hall–Kier alpha value is -1.69. The van der Waals surface area contributed by atoms with Crippen molar-refractivity contribution in [1.82, 2.24) is 19.7 Å². The SMILES string of the molecule is Cc1csc(C2CCCCN2C(=O)C(C)c2c(C)nn(C)c2C)n1. The van der Waals surface area contributed by atoms with Crippen molar-refractivity contribution >= 4 is 17.2 Å². The van der Waals surface area contributed by atoms with E-state index in [2.05, 4.69) is 20.4 Å². The van der Waals surface area contributed by atoms with E-state index in [0.29, 0.717) is 0 Å². The Kier molecular flexibility index (Phi) is 4.76. The lowest BCUT2D eigenvalue weighted by Crippen LogP contribution is -2.40. The maximum Gasteiger partial charge on any atom is 0.230 e. The number of aryl methyl sites for hydroxylation is 3. The molecule has 0 saturated carbocycles. The fraction of sp³-hybridized carbons (Fsp3) is 0.611. The minimum atomic E-state index is -0.166. The third kappa shape index (κ3) is 2.99. The summed E-state index contributed by atoms with van der Waals surface area (Å²) in [5.41, 5.74) is 4.14. The number of piperidine rings is 1. The van der Waals surface area contributed by atoms with Crippen LogP contribution >= 0.6 is 11.3 Å². The van der Waals surface area contributed by atoms with Gasteiger partial charge in [-0.05, 0) is 47.0 Å². The monoisotopic (exact) mass is 346 g/mol. The van der Waals surface area contributed by atoms with Crippen molar-refractivity contribution in [2.45, 2.75) is 58.9 Å². The quantitative estimate of drug-likeness (QED) is 0.852. The molecule has 3 heterocycles. The Morgan fingerprint density at radius 1 is 1.33 bits per heavy atom. The first kappa shape index (κ1) is 17.1. The molecule has 2 aromatic rings. The van der Waals surface area contributed by atoms with E-state index in [9.17, 15) is 4.79 Å². The maximum atomic E-state index is 13.3. The molecule has 0 aliphatic carbocycles. The number of amides is 1. The van der Waals surface area contributed by atoms with Gasteiger partial charge in [0.1, 0.15) is 5.01 Å². The highest BCUT2D eigenvalue weighted by Crippen LogP contribution is 2.35. The number of thiazole rings is 1. The summed E-state index contributed by atoms with van der Waals surface area (Å²) in [6.45, 7) is 8.88. The van der Waals surface area contributed by atoms with Gasteiger partial charge in [0.25, 0.3) is 0 Å². The van der Waals surface area contributed by atoms with Gasteiger partial charge in [0.05, 0.1) is 17.7 Å². The van der Waals surface area contributed by atoms with Gasteiger partial charge in [-0.2, -0.15) is 5.10 Å². The molecule has 2 aromatic heterocycles. The number of nitrogens with zero attached hydrogens (tertiary/aromatic N) is 4. The average Bonchev–Trinajstić information content (AvgIpc) is 3.10. The highest BCUT2D eigenvalue weighted by molar-refractivity contribution is 7.09. The lowest BCUT2D eigenvalue weighted by Gasteiger charge is -2.36. The normalized spacial score (nSPS) is 19.5. The Morgan fingerprint density at radius 3 is 2.67 bits per heavy atom. The number of likely N-dealkylation sites (tertiary alicyclic amines) is 1. The highest BCUT2D eigenvalue weighted by Gasteiger charge is 2.34. The topological polar surface area (TPSA) is 51.0 Å². The minimum absolute atomic E-state index is 0.129. The van der Waals surface area contributed by atoms with Crippen LogP contribution in [-0.2, 0) is 11.8 Å². The average molecular weight is 347 g/mol. The summed E-state index contributed by atoms with van der Waals surface area (Å²) in [7, 11) is 1.94. The summed E-state index contributed by atoms with van der Waals surface area (Å²) in [5.74, 6) is 0.0344. The molecular weight excluding hydrogens is 320 g/mol. The summed E-state index contributed by atoms with van der Waals surface area (Å²) >= 11 is 1.67. The summed E-state index contributed by atoms with van der Waals surface area (Å²) < 4.78 is 1.87. The maximum absolute atomic E-state index is 13.3. The van der Waals surface area contributed by atoms with Crippen LogP contribution in [0, 0.1) is 20.8 Å². The van der Waals surface area contributed by atoms with Crippen molar-refractivity contribution in [3.05, 3.63) is 33.0 Å². The van der Waals surface area contributed by atoms with Crippen molar-refractivity contribution in [3.8, 4) is 0 Å². The first-order chi connectivity index (χ1) is 11.4. The Labute approximate surface area is 147 Å². The van der Waals surface area contributed by atoms with Gasteiger partial charge < -0.3 is 4.90 Å². The van der Waals surface area contributed by atoms with Crippen LogP contribution in [0.4, 0.5) is 0 Å². The van der Waals surface area contributed by atoms with Crippen LogP contribution in [-0.4, -0.2) is 32.1 Å². The molecule has 3 rings (SSSR count). The standard InChI is InChI=1S/C18H26N4OS/c1-11-10-24-17(19-11)15-8-6-7-9-22(15)18(23)12(2)16-13(3)20-21(5)14(16)4/h10,12,15H,6-9H2,1-5H3. The predicted molar refractivity (Wildman–Crippen MR) is 96.3 cm³/mol. The zero-order valence-electron chi connectivity index (χ0n) is 15.2. The predicted octanol–water partition coefficient (Wildman–Crippen LogP) is 3.66. The summed E-state index contributed by atoms with van der Waals surface area (Å²) in [6, 6.07) is 0.129. The Balaban J connectivity index is 1.88. The molecule has 1 fully saturated rings. The molecule has 0 aromatic carbocycles. The van der Waals surface area contributed by atoms with Crippen molar-refractivity contribution < 1.29 is 4.79 Å². The molecule has 1 aliphatic heterocycles. The van der Waals surface area contributed by atoms with Gasteiger partial charge in [-0.3, -0.25) is 9.48 Å². The number of rotatable bonds is 3. The van der Waals surface area contributed by atoms with Crippen LogP contribution in [0.5, 0.6) is 0 Å². The lowest BCUT2D eigenvalue weighted by atomic mass is 9.94. The summed E-state index contributed by atoms with van der Waals surface area (Å²) in [4.78, 5) is 20.0. The van der Waals surface area contributed by atoms with Crippen LogP contribution in [0.3, 0.4) is 0 Å². The molecule has 1 aliphatic rings. The molecule has 2 unspecified atom stereocenters. The van der Waals surface area contributed by atoms with Crippen molar-refractivity contribution in [2.75, 3.05) is 6.54 Å². The zero-order valence-corrected chi connectivity index (χ0v) is 16.0. The third-order valence-corrected chi connectivity index (χ3v) is 6.14. The number of carbonyl (C=O) groups is 1. The lowest BCUT2D eigenvalue weighted by molar-refractivity contribution is -0.136. The highest BCUT2D eigenvalue weighted by atomic mass is 32.1. The van der Waals surface area contributed by atoms with E-state index in [0.717, 1.165) is 53.5 Å². The van der Waals surface area contributed by atoms with Crippen LogP contribution < -0.4 is 0 Å². The molecule has 24 heavy (non-hydrogen) atoms. The molecule has 6 heteroatoms. The second kappa shape index (κ2) is 6.67. The van der Waals surface area contributed by atoms with Crippen molar-refractivity contribution in [2.24, 2.45) is 7.05 Å². The van der Waals surface area contributed by atoms with Gasteiger partial charge in [0, 0.05) is 35.9 Å². The summed E-state index contributed by atoms with van der Waals surface area (Å²) in [6.07, 6.45) is 3.24. The zero-order chi connectivity index (χ0) is 17.4. The molecule has 2 atom stereocenters. The van der Waals surface area contributed by atoms with Crippen LogP contribution in [0.15, 0.2) is 5.38 Å². The first-order valence-electron chi connectivity index (χ1n) is 8.62. The van der Waals surface area contributed by atoms with E-state index in [1.54, 1.807) is 11.3 Å². The largest absolute Gasteiger partial charge is 0.333 e. The molecule has 5 nitrogen and oxygen atoms in total. The smallest absolute Gasteiger partial charge is 0.230 e. The van der Waals surface area contributed by atoms with Gasteiger partial charge in [0.15, 0.2) is 0 Å². The third-order valence-electron chi connectivity index (χ3n) is 5.08. The molecule has 130 valence electrons. The molecule has 0 N–H and O–H groups in total. The van der Waals surface area contributed by atoms with E-state index in [1.807, 2.05) is 39.4 Å². The van der Waals surface area contributed by atoms with E-state index < -0.39 is 0 Å². The fourth-order valence-electron chi connectivity index (χ4n) is 3.77. The molecule has 1 saturated heterocycles. The molecule has 1 amide bonds. The number of aromatic nitrogens is 3. The van der Waals surface area contributed by atoms with E-state index in [-0.39, 0.29) is 17.9 Å². The van der Waals surface area contributed by atoms with Gasteiger partial charge in [-0.1, -0.05) is 0 Å².